The predicted octanol–water partition coefficient (Wildman–Crippen LogP) is 6.23. The van der Waals surface area contributed by atoms with E-state index in [0.717, 1.165) is 11.5 Å². The smallest absolute Gasteiger partial charge is 0.147 e. The van der Waals surface area contributed by atoms with Crippen LogP contribution in [0.3, 0.4) is 0 Å². The molecule has 4 nitrogen and oxygen atoms in total. The van der Waals surface area contributed by atoms with Crippen LogP contribution in [0.4, 0.5) is 0 Å². The van der Waals surface area contributed by atoms with Crippen molar-refractivity contribution in [2.75, 3.05) is 0 Å². The second kappa shape index (κ2) is 5.12. The molecule has 2 aliphatic carbocycles. The molecule has 4 heteroatoms. The first-order chi connectivity index (χ1) is 14.5. The first-order valence-corrected chi connectivity index (χ1v) is 10.9. The summed E-state index contributed by atoms with van der Waals surface area (Å²) < 4.78 is 2.32. The lowest BCUT2D eigenvalue weighted by Crippen LogP contribution is -2.32. The minimum Gasteiger partial charge on any atom is -0.278 e. The predicted molar refractivity (Wildman–Crippen MR) is 121 cm³/mol. The summed E-state index contributed by atoms with van der Waals surface area (Å²) in [7, 11) is 0. The van der Waals surface area contributed by atoms with Crippen molar-refractivity contribution in [2.24, 2.45) is 5.41 Å². The Morgan fingerprint density at radius 3 is 2.63 bits per heavy atom. The van der Waals surface area contributed by atoms with Gasteiger partial charge in [-0.25, -0.2) is 4.98 Å². The second-order valence-electron chi connectivity index (χ2n) is 9.88. The fraction of sp³-hybridized carbons (Fsp3) is 0.308. The molecule has 2 unspecified atom stereocenters. The summed E-state index contributed by atoms with van der Waals surface area (Å²) in [6.07, 6.45) is 4.45. The zero-order chi connectivity index (χ0) is 20.3. The molecule has 7 rings (SSSR count). The standard InChI is InChI=1S/C26H24N4/c1-25(2)18-12-13-26(25,3)22-21(18)24(29-28-22)30-19-11-7-6-10-17(19)20-16-9-5-4-8-15(16)14-27-23(20)30/h4-11,14,18H,12-13H2,1-3H3,(H,28,29). The number of hydrogen-bond donors (Lipinski definition) is 1. The molecule has 2 aliphatic rings. The number of para-hydroxylation sites is 1. The van der Waals surface area contributed by atoms with Gasteiger partial charge in [0.15, 0.2) is 0 Å². The SMILES string of the molecule is CC12CCC(c3c1n[nH]c3-n1c3ccccc3c3c4ccccc4cnc31)C2(C)C. The number of pyridine rings is 1. The number of nitrogens with one attached hydrogen (secondary N) is 1. The minimum atomic E-state index is 0.140. The van der Waals surface area contributed by atoms with E-state index in [0.29, 0.717) is 5.92 Å². The number of benzene rings is 2. The molecule has 0 radical (unpaired) electrons. The van der Waals surface area contributed by atoms with E-state index in [1.807, 2.05) is 6.20 Å². The van der Waals surface area contributed by atoms with Crippen LogP contribution in [0.5, 0.6) is 0 Å². The normalized spacial score (nSPS) is 24.3. The van der Waals surface area contributed by atoms with Crippen molar-refractivity contribution in [2.45, 2.75) is 44.9 Å². The van der Waals surface area contributed by atoms with Crippen molar-refractivity contribution in [3.8, 4) is 5.82 Å². The Labute approximate surface area is 174 Å². The van der Waals surface area contributed by atoms with Gasteiger partial charge >= 0.3 is 0 Å². The molecular formula is C26H24N4. The van der Waals surface area contributed by atoms with E-state index in [1.54, 1.807) is 0 Å². The number of H-pyrrole nitrogens is 1. The summed E-state index contributed by atoms with van der Waals surface area (Å²) in [4.78, 5) is 4.96. The van der Waals surface area contributed by atoms with E-state index >= 15 is 0 Å². The monoisotopic (exact) mass is 392 g/mol. The van der Waals surface area contributed by atoms with Gasteiger partial charge in [-0.3, -0.25) is 9.67 Å². The topological polar surface area (TPSA) is 46.5 Å². The van der Waals surface area contributed by atoms with Gasteiger partial charge < -0.3 is 0 Å². The van der Waals surface area contributed by atoms with Crippen LogP contribution in [0.2, 0.25) is 0 Å². The van der Waals surface area contributed by atoms with E-state index in [4.69, 9.17) is 10.1 Å². The van der Waals surface area contributed by atoms with Crippen LogP contribution >= 0.6 is 0 Å². The third-order valence-corrected chi connectivity index (χ3v) is 8.51. The lowest BCUT2D eigenvalue weighted by molar-refractivity contribution is 0.225. The quantitative estimate of drug-likeness (QED) is 0.367. The van der Waals surface area contributed by atoms with Gasteiger partial charge in [-0.2, -0.15) is 5.10 Å². The molecule has 148 valence electrons. The Bertz CT molecular complexity index is 1500. The molecule has 2 atom stereocenters. The molecule has 0 saturated heterocycles. The van der Waals surface area contributed by atoms with Crippen LogP contribution < -0.4 is 0 Å². The largest absolute Gasteiger partial charge is 0.278 e. The Hall–Kier alpha value is -3.14. The molecule has 3 heterocycles. The van der Waals surface area contributed by atoms with E-state index in [2.05, 4.69) is 79.0 Å². The lowest BCUT2D eigenvalue weighted by Gasteiger charge is -2.34. The molecular weight excluding hydrogens is 368 g/mol. The Kier molecular flexibility index (Phi) is 2.84. The van der Waals surface area contributed by atoms with Crippen molar-refractivity contribution in [1.82, 2.24) is 19.7 Å². The average molecular weight is 393 g/mol. The van der Waals surface area contributed by atoms with Crippen molar-refractivity contribution < 1.29 is 0 Å². The average Bonchev–Trinajstić information content (AvgIpc) is 3.43. The first kappa shape index (κ1) is 16.6. The van der Waals surface area contributed by atoms with Gasteiger partial charge in [0.1, 0.15) is 11.5 Å². The van der Waals surface area contributed by atoms with Gasteiger partial charge in [-0.1, -0.05) is 63.2 Å². The summed E-state index contributed by atoms with van der Waals surface area (Å²) >= 11 is 0. The highest BCUT2D eigenvalue weighted by Gasteiger charge is 2.62. The summed E-state index contributed by atoms with van der Waals surface area (Å²) in [5.74, 6) is 1.64. The van der Waals surface area contributed by atoms with Crippen LogP contribution in [-0.4, -0.2) is 19.7 Å². The summed E-state index contributed by atoms with van der Waals surface area (Å²) in [6.45, 7) is 7.25. The van der Waals surface area contributed by atoms with Gasteiger partial charge in [0.05, 0.1) is 11.2 Å². The third-order valence-electron chi connectivity index (χ3n) is 8.51. The van der Waals surface area contributed by atoms with E-state index < -0.39 is 0 Å². The number of rotatable bonds is 1. The van der Waals surface area contributed by atoms with Crippen LogP contribution in [-0.2, 0) is 5.41 Å². The van der Waals surface area contributed by atoms with Gasteiger partial charge in [0.2, 0.25) is 0 Å². The van der Waals surface area contributed by atoms with Crippen molar-refractivity contribution in [1.29, 1.82) is 0 Å². The zero-order valence-corrected chi connectivity index (χ0v) is 17.5. The van der Waals surface area contributed by atoms with Crippen LogP contribution in [0, 0.1) is 5.41 Å². The molecule has 1 N–H and O–H groups in total. The Balaban J connectivity index is 1.63. The molecule has 30 heavy (non-hydrogen) atoms. The number of fused-ring (bicyclic) bond motifs is 10. The highest BCUT2D eigenvalue weighted by molar-refractivity contribution is 6.19. The van der Waals surface area contributed by atoms with Gasteiger partial charge in [0, 0.05) is 33.3 Å². The molecule has 0 spiro atoms. The molecule has 3 aromatic heterocycles. The Morgan fingerprint density at radius 2 is 1.77 bits per heavy atom. The Morgan fingerprint density at radius 1 is 1.00 bits per heavy atom. The summed E-state index contributed by atoms with van der Waals surface area (Å²) in [6, 6.07) is 17.2. The number of aromatic nitrogens is 4. The number of hydrogen-bond acceptors (Lipinski definition) is 2. The van der Waals surface area contributed by atoms with Crippen LogP contribution in [0.1, 0.15) is 50.8 Å². The molecule has 1 saturated carbocycles. The molecule has 2 aromatic carbocycles. The van der Waals surface area contributed by atoms with Crippen molar-refractivity contribution >= 4 is 32.7 Å². The molecule has 5 aromatic rings. The molecule has 1 fully saturated rings. The second-order valence-corrected chi connectivity index (χ2v) is 9.88. The van der Waals surface area contributed by atoms with Crippen LogP contribution in [0.25, 0.3) is 38.5 Å². The van der Waals surface area contributed by atoms with E-state index in [9.17, 15) is 0 Å². The summed E-state index contributed by atoms with van der Waals surface area (Å²) in [5, 5.41) is 13.2. The molecule has 0 aliphatic heterocycles. The first-order valence-electron chi connectivity index (χ1n) is 10.9. The molecule has 2 bridgehead atoms. The number of nitrogens with zero attached hydrogens (tertiary/aromatic N) is 3. The van der Waals surface area contributed by atoms with Crippen molar-refractivity contribution in [3.63, 3.8) is 0 Å². The maximum Gasteiger partial charge on any atom is 0.147 e. The molecule has 0 amide bonds. The number of aromatic amines is 1. The zero-order valence-electron chi connectivity index (χ0n) is 17.5. The fourth-order valence-corrected chi connectivity index (χ4v) is 6.50. The van der Waals surface area contributed by atoms with E-state index in [-0.39, 0.29) is 10.8 Å². The minimum absolute atomic E-state index is 0.140. The fourth-order valence-electron chi connectivity index (χ4n) is 6.50. The van der Waals surface area contributed by atoms with Gasteiger partial charge in [-0.15, -0.1) is 0 Å². The third kappa shape index (κ3) is 1.68. The van der Waals surface area contributed by atoms with E-state index in [1.165, 1.54) is 51.2 Å². The van der Waals surface area contributed by atoms with Crippen LogP contribution in [0.15, 0.2) is 54.7 Å². The van der Waals surface area contributed by atoms with Gasteiger partial charge in [0.25, 0.3) is 0 Å². The van der Waals surface area contributed by atoms with Gasteiger partial charge in [-0.05, 0) is 35.6 Å². The maximum absolute atomic E-state index is 4.96. The highest BCUT2D eigenvalue weighted by Crippen LogP contribution is 2.68. The summed E-state index contributed by atoms with van der Waals surface area (Å²) in [5.41, 5.74) is 5.24. The lowest BCUT2D eigenvalue weighted by atomic mass is 9.70. The van der Waals surface area contributed by atoms with Crippen molar-refractivity contribution in [3.05, 3.63) is 66.0 Å². The highest BCUT2D eigenvalue weighted by atomic mass is 15.2. The maximum atomic E-state index is 4.96.